The Morgan fingerprint density at radius 1 is 1.47 bits per heavy atom. The molecule has 1 aromatic heterocycles. The Hall–Kier alpha value is -0.520. The molecule has 0 saturated carbocycles. The monoisotopic (exact) mass is 296 g/mol. The van der Waals surface area contributed by atoms with E-state index in [-0.39, 0.29) is 11.9 Å². The summed E-state index contributed by atoms with van der Waals surface area (Å²) in [7, 11) is 0. The van der Waals surface area contributed by atoms with Crippen molar-refractivity contribution in [1.82, 2.24) is 4.90 Å². The van der Waals surface area contributed by atoms with Crippen LogP contribution in [0.15, 0.2) is 6.07 Å². The number of likely N-dealkylation sites (tertiary alicyclic amines) is 1. The standard InChI is InChI=1S/C14H20N2OS2/c1-9-4-11(15)7-16(6-9)14(17)13-5-10-8-18-3-2-12(10)19-13/h5,9,11H,2-4,6-8,15H2,1H3. The van der Waals surface area contributed by atoms with E-state index in [1.807, 2.05) is 16.7 Å². The van der Waals surface area contributed by atoms with Crippen LogP contribution in [0, 0.1) is 5.92 Å². The van der Waals surface area contributed by atoms with Crippen molar-refractivity contribution in [1.29, 1.82) is 0 Å². The zero-order chi connectivity index (χ0) is 13.4. The van der Waals surface area contributed by atoms with Crippen LogP contribution >= 0.6 is 23.1 Å². The van der Waals surface area contributed by atoms with Gasteiger partial charge in [-0.2, -0.15) is 11.8 Å². The third kappa shape index (κ3) is 2.83. The van der Waals surface area contributed by atoms with Crippen LogP contribution in [-0.2, 0) is 12.2 Å². The SMILES string of the molecule is CC1CC(N)CN(C(=O)c2cc3c(s2)CCSC3)C1. The fraction of sp³-hybridized carbons (Fsp3) is 0.643. The maximum Gasteiger partial charge on any atom is 0.264 e. The van der Waals surface area contributed by atoms with E-state index in [1.54, 1.807) is 11.3 Å². The van der Waals surface area contributed by atoms with Crippen molar-refractivity contribution in [2.24, 2.45) is 11.7 Å². The smallest absolute Gasteiger partial charge is 0.264 e. The lowest BCUT2D eigenvalue weighted by atomic mass is 9.96. The molecule has 2 unspecified atom stereocenters. The second-order valence-corrected chi connectivity index (χ2v) is 7.91. The first kappa shape index (κ1) is 13.5. The zero-order valence-electron chi connectivity index (χ0n) is 11.2. The molecule has 0 bridgehead atoms. The number of carbonyl (C=O) groups excluding carboxylic acids is 1. The van der Waals surface area contributed by atoms with Crippen LogP contribution in [0.3, 0.4) is 0 Å². The minimum Gasteiger partial charge on any atom is -0.336 e. The van der Waals surface area contributed by atoms with Crippen molar-refractivity contribution < 1.29 is 4.79 Å². The minimum atomic E-state index is 0.137. The molecule has 1 fully saturated rings. The summed E-state index contributed by atoms with van der Waals surface area (Å²) in [6, 6.07) is 2.25. The van der Waals surface area contributed by atoms with Crippen molar-refractivity contribution in [3.63, 3.8) is 0 Å². The van der Waals surface area contributed by atoms with Gasteiger partial charge in [0.05, 0.1) is 4.88 Å². The quantitative estimate of drug-likeness (QED) is 0.865. The molecule has 5 heteroatoms. The third-order valence-corrected chi connectivity index (χ3v) is 6.05. The Bertz CT molecular complexity index is 452. The number of nitrogens with zero attached hydrogens (tertiary/aromatic N) is 1. The Labute approximate surface area is 122 Å². The highest BCUT2D eigenvalue weighted by Gasteiger charge is 2.28. The predicted octanol–water partition coefficient (Wildman–Crippen LogP) is 2.35. The van der Waals surface area contributed by atoms with Gasteiger partial charge in [-0.25, -0.2) is 0 Å². The van der Waals surface area contributed by atoms with Crippen LogP contribution in [0.1, 0.15) is 33.5 Å². The fourth-order valence-electron chi connectivity index (χ4n) is 2.97. The normalized spacial score (nSPS) is 27.2. The van der Waals surface area contributed by atoms with Gasteiger partial charge in [0.2, 0.25) is 0 Å². The zero-order valence-corrected chi connectivity index (χ0v) is 12.9. The highest BCUT2D eigenvalue weighted by Crippen LogP contribution is 2.32. The molecule has 2 N–H and O–H groups in total. The molecule has 3 nitrogen and oxygen atoms in total. The fourth-order valence-corrected chi connectivity index (χ4v) is 5.31. The molecular formula is C14H20N2OS2. The van der Waals surface area contributed by atoms with Crippen LogP contribution < -0.4 is 5.73 Å². The minimum absolute atomic E-state index is 0.137. The second-order valence-electron chi connectivity index (χ2n) is 5.67. The number of thioether (sulfide) groups is 1. The van der Waals surface area contributed by atoms with E-state index in [0.29, 0.717) is 12.5 Å². The molecule has 2 atom stereocenters. The number of nitrogens with two attached hydrogens (primary N) is 1. The number of carbonyl (C=O) groups is 1. The Balaban J connectivity index is 1.77. The highest BCUT2D eigenvalue weighted by molar-refractivity contribution is 7.98. The summed E-state index contributed by atoms with van der Waals surface area (Å²) in [5, 5.41) is 0. The van der Waals surface area contributed by atoms with Crippen molar-refractivity contribution in [2.45, 2.75) is 31.6 Å². The van der Waals surface area contributed by atoms with E-state index in [4.69, 9.17) is 5.73 Å². The van der Waals surface area contributed by atoms with E-state index in [0.717, 1.165) is 30.0 Å². The molecule has 3 rings (SSSR count). The summed E-state index contributed by atoms with van der Waals surface area (Å²) < 4.78 is 0. The van der Waals surface area contributed by atoms with Crippen LogP contribution in [0.2, 0.25) is 0 Å². The first-order valence-corrected chi connectivity index (χ1v) is 8.85. The molecule has 1 amide bonds. The number of piperidine rings is 1. The van der Waals surface area contributed by atoms with Gasteiger partial charge in [0, 0.05) is 29.8 Å². The third-order valence-electron chi connectivity index (χ3n) is 3.82. The largest absolute Gasteiger partial charge is 0.336 e. The van der Waals surface area contributed by atoms with E-state index in [9.17, 15) is 4.79 Å². The van der Waals surface area contributed by atoms with Gasteiger partial charge in [-0.1, -0.05) is 6.92 Å². The predicted molar refractivity (Wildman–Crippen MR) is 81.8 cm³/mol. The first-order chi connectivity index (χ1) is 9.13. The van der Waals surface area contributed by atoms with Gasteiger partial charge in [0.15, 0.2) is 0 Å². The number of hydrogen-bond acceptors (Lipinski definition) is 4. The maximum absolute atomic E-state index is 12.6. The van der Waals surface area contributed by atoms with Gasteiger partial charge in [-0.3, -0.25) is 4.79 Å². The average Bonchev–Trinajstić information content (AvgIpc) is 2.80. The molecule has 0 aliphatic carbocycles. The Morgan fingerprint density at radius 3 is 3.05 bits per heavy atom. The van der Waals surface area contributed by atoms with Crippen LogP contribution in [0.25, 0.3) is 0 Å². The lowest BCUT2D eigenvalue weighted by molar-refractivity contribution is 0.0666. The number of rotatable bonds is 1. The number of thiophene rings is 1. The molecule has 3 heterocycles. The van der Waals surface area contributed by atoms with Crippen LogP contribution in [0.4, 0.5) is 0 Å². The summed E-state index contributed by atoms with van der Waals surface area (Å²) in [5.74, 6) is 2.95. The summed E-state index contributed by atoms with van der Waals surface area (Å²) in [4.78, 5) is 16.9. The lowest BCUT2D eigenvalue weighted by Gasteiger charge is -2.34. The van der Waals surface area contributed by atoms with Crippen molar-refractivity contribution in [3.05, 3.63) is 21.4 Å². The molecule has 104 valence electrons. The number of amides is 1. The Kier molecular flexibility index (Phi) is 3.87. The maximum atomic E-state index is 12.6. The van der Waals surface area contributed by atoms with Gasteiger partial charge in [-0.15, -0.1) is 11.3 Å². The molecule has 1 saturated heterocycles. The van der Waals surface area contributed by atoms with Crippen LogP contribution in [-0.4, -0.2) is 35.7 Å². The molecule has 2 aliphatic rings. The highest BCUT2D eigenvalue weighted by atomic mass is 32.2. The topological polar surface area (TPSA) is 46.3 Å². The van der Waals surface area contributed by atoms with Crippen molar-refractivity contribution >= 4 is 29.0 Å². The van der Waals surface area contributed by atoms with Crippen molar-refractivity contribution in [2.75, 3.05) is 18.8 Å². The van der Waals surface area contributed by atoms with Gasteiger partial charge < -0.3 is 10.6 Å². The number of fused-ring (bicyclic) bond motifs is 1. The van der Waals surface area contributed by atoms with Crippen molar-refractivity contribution in [3.8, 4) is 0 Å². The summed E-state index contributed by atoms with van der Waals surface area (Å²) in [6.45, 7) is 3.74. The second kappa shape index (κ2) is 5.46. The molecule has 1 aromatic rings. The molecule has 2 aliphatic heterocycles. The summed E-state index contributed by atoms with van der Waals surface area (Å²) in [6.07, 6.45) is 2.15. The van der Waals surface area contributed by atoms with E-state index >= 15 is 0 Å². The number of aryl methyl sites for hydroxylation is 1. The Morgan fingerprint density at radius 2 is 2.32 bits per heavy atom. The molecule has 0 aromatic carbocycles. The van der Waals surface area contributed by atoms with E-state index in [1.165, 1.54) is 16.2 Å². The summed E-state index contributed by atoms with van der Waals surface area (Å²) >= 11 is 3.65. The number of hydrogen-bond donors (Lipinski definition) is 1. The summed E-state index contributed by atoms with van der Waals surface area (Å²) in [5.41, 5.74) is 7.41. The van der Waals surface area contributed by atoms with Gasteiger partial charge in [0.1, 0.15) is 0 Å². The lowest BCUT2D eigenvalue weighted by Crippen LogP contribution is -2.48. The molecule has 0 radical (unpaired) electrons. The molecular weight excluding hydrogens is 276 g/mol. The van der Waals surface area contributed by atoms with Gasteiger partial charge in [0.25, 0.3) is 5.91 Å². The van der Waals surface area contributed by atoms with Gasteiger partial charge >= 0.3 is 0 Å². The molecule has 0 spiro atoms. The average molecular weight is 296 g/mol. The first-order valence-electron chi connectivity index (χ1n) is 6.87. The van der Waals surface area contributed by atoms with E-state index < -0.39 is 0 Å². The molecule has 19 heavy (non-hydrogen) atoms. The van der Waals surface area contributed by atoms with Crippen LogP contribution in [0.5, 0.6) is 0 Å². The van der Waals surface area contributed by atoms with Gasteiger partial charge in [-0.05, 0) is 36.1 Å². The van der Waals surface area contributed by atoms with E-state index in [2.05, 4.69) is 13.0 Å².